The predicted molar refractivity (Wildman–Crippen MR) is 121 cm³/mol. The molecule has 0 atom stereocenters. The quantitative estimate of drug-likeness (QED) is 0.656. The summed E-state index contributed by atoms with van der Waals surface area (Å²) in [5.41, 5.74) is 4.66. The molecule has 30 heavy (non-hydrogen) atoms. The molecule has 0 bridgehead atoms. The average molecular weight is 426 g/mol. The number of halogens is 1. The van der Waals surface area contributed by atoms with Crippen molar-refractivity contribution in [1.82, 2.24) is 5.32 Å². The monoisotopic (exact) mass is 425 g/mol. The summed E-state index contributed by atoms with van der Waals surface area (Å²) in [6, 6.07) is 11.8. The fourth-order valence-electron chi connectivity index (χ4n) is 4.93. The molecule has 1 aliphatic heterocycles. The Hall–Kier alpha value is -2.30. The summed E-state index contributed by atoms with van der Waals surface area (Å²) >= 11 is 6.02. The summed E-state index contributed by atoms with van der Waals surface area (Å²) in [5.74, 6) is 0.000643. The van der Waals surface area contributed by atoms with Crippen molar-refractivity contribution in [2.45, 2.75) is 58.1 Å². The van der Waals surface area contributed by atoms with Gasteiger partial charge in [0.1, 0.15) is 5.76 Å². The summed E-state index contributed by atoms with van der Waals surface area (Å²) in [7, 11) is 0. The van der Waals surface area contributed by atoms with Gasteiger partial charge in [0.2, 0.25) is 0 Å². The molecule has 2 aromatic rings. The molecule has 0 radical (unpaired) electrons. The lowest BCUT2D eigenvalue weighted by atomic mass is 9.79. The van der Waals surface area contributed by atoms with Crippen LogP contribution in [0.5, 0.6) is 0 Å². The van der Waals surface area contributed by atoms with E-state index in [1.54, 1.807) is 0 Å². The Balaban J connectivity index is 1.70. The number of benzene rings is 2. The molecule has 1 fully saturated rings. The minimum Gasteiger partial charge on any atom is -0.509 e. The molecule has 0 unspecified atom stereocenters. The van der Waals surface area contributed by atoms with Crippen LogP contribution in [-0.2, 0) is 9.53 Å². The number of carbonyl (C=O) groups excluding carboxylic acids is 1. The fraction of sp³-hybridized carbons (Fsp3) is 0.400. The fourth-order valence-corrected chi connectivity index (χ4v) is 5.06. The Kier molecular flexibility index (Phi) is 5.65. The van der Waals surface area contributed by atoms with Gasteiger partial charge in [-0.1, -0.05) is 35.9 Å². The van der Waals surface area contributed by atoms with Gasteiger partial charge in [0, 0.05) is 11.6 Å². The van der Waals surface area contributed by atoms with E-state index in [1.807, 2.05) is 45.0 Å². The van der Waals surface area contributed by atoms with Gasteiger partial charge in [0.05, 0.1) is 17.2 Å². The van der Waals surface area contributed by atoms with Gasteiger partial charge in [-0.15, -0.1) is 0 Å². The summed E-state index contributed by atoms with van der Waals surface area (Å²) in [5, 5.41) is 15.0. The second-order valence-corrected chi connectivity index (χ2v) is 8.84. The topological polar surface area (TPSA) is 58.6 Å². The molecular weight excluding hydrogens is 398 g/mol. The molecule has 2 N–H and O–H groups in total. The van der Waals surface area contributed by atoms with Crippen LogP contribution in [0.3, 0.4) is 0 Å². The zero-order chi connectivity index (χ0) is 21.5. The van der Waals surface area contributed by atoms with E-state index in [9.17, 15) is 9.90 Å². The molecular formula is C25H28ClNO3. The maximum atomic E-state index is 13.0. The van der Waals surface area contributed by atoms with Crippen molar-refractivity contribution < 1.29 is 14.6 Å². The predicted octanol–water partition coefficient (Wildman–Crippen LogP) is 5.74. The van der Waals surface area contributed by atoms with Crippen molar-refractivity contribution in [3.63, 3.8) is 0 Å². The van der Waals surface area contributed by atoms with Crippen molar-refractivity contribution in [3.8, 4) is 11.1 Å². The number of hydrogen-bond donors (Lipinski definition) is 2. The van der Waals surface area contributed by atoms with Gasteiger partial charge < -0.3 is 15.2 Å². The Bertz CT molecular complexity index is 979. The van der Waals surface area contributed by atoms with Crippen LogP contribution in [0, 0.1) is 13.8 Å². The van der Waals surface area contributed by atoms with Crippen molar-refractivity contribution in [3.05, 3.63) is 63.9 Å². The molecule has 4 nitrogen and oxygen atoms in total. The highest BCUT2D eigenvalue weighted by Gasteiger charge is 2.48. The molecule has 2 aliphatic rings. The Labute approximate surface area is 182 Å². The smallest absolute Gasteiger partial charge is 0.256 e. The molecule has 1 spiro atoms. The average Bonchev–Trinajstić information content (AvgIpc) is 2.94. The Morgan fingerprint density at radius 3 is 2.27 bits per heavy atom. The number of aliphatic hydroxyl groups is 1. The number of ether oxygens (including phenoxy) is 1. The van der Waals surface area contributed by atoms with E-state index in [0.29, 0.717) is 30.0 Å². The Morgan fingerprint density at radius 1 is 1.10 bits per heavy atom. The molecule has 0 saturated heterocycles. The number of hydrogen-bond acceptors (Lipinski definition) is 3. The third-order valence-corrected chi connectivity index (χ3v) is 6.67. The van der Waals surface area contributed by atoms with E-state index < -0.39 is 5.54 Å². The van der Waals surface area contributed by atoms with E-state index in [-0.39, 0.29) is 17.8 Å². The lowest BCUT2D eigenvalue weighted by Gasteiger charge is -2.37. The summed E-state index contributed by atoms with van der Waals surface area (Å²) in [4.78, 5) is 13.0. The second kappa shape index (κ2) is 8.09. The summed E-state index contributed by atoms with van der Waals surface area (Å²) in [6.45, 7) is 6.67. The largest absolute Gasteiger partial charge is 0.509 e. The first kappa shape index (κ1) is 21.0. The van der Waals surface area contributed by atoms with Crippen molar-refractivity contribution in [1.29, 1.82) is 0 Å². The first-order valence-corrected chi connectivity index (χ1v) is 11.0. The summed E-state index contributed by atoms with van der Waals surface area (Å²) in [6.07, 6.45) is 3.26. The SMILES string of the molecule is CCOC1CCC2(CC1)NC(=O)C(c1c(C)cc(-c3ccc(Cl)cc3)cc1C)=C2O. The lowest BCUT2D eigenvalue weighted by Crippen LogP contribution is -2.48. The number of amides is 1. The van der Waals surface area contributed by atoms with Crippen molar-refractivity contribution >= 4 is 23.1 Å². The number of carbonyl (C=O) groups is 1. The van der Waals surface area contributed by atoms with E-state index in [0.717, 1.165) is 40.7 Å². The van der Waals surface area contributed by atoms with Crippen LogP contribution >= 0.6 is 11.6 Å². The third kappa shape index (κ3) is 3.63. The van der Waals surface area contributed by atoms with Crippen LogP contribution in [0.15, 0.2) is 42.2 Å². The van der Waals surface area contributed by atoms with Gasteiger partial charge in [0.25, 0.3) is 5.91 Å². The number of aryl methyl sites for hydroxylation is 2. The first-order valence-electron chi connectivity index (χ1n) is 10.6. The normalized spacial score (nSPS) is 23.9. The van der Waals surface area contributed by atoms with Crippen LogP contribution in [-0.4, -0.2) is 29.3 Å². The minimum absolute atomic E-state index is 0.187. The minimum atomic E-state index is -0.659. The zero-order valence-corrected chi connectivity index (χ0v) is 18.5. The molecule has 4 rings (SSSR count). The van der Waals surface area contributed by atoms with Crippen LogP contribution in [0.4, 0.5) is 0 Å². The maximum absolute atomic E-state index is 13.0. The summed E-state index contributed by atoms with van der Waals surface area (Å²) < 4.78 is 5.74. The van der Waals surface area contributed by atoms with Gasteiger partial charge >= 0.3 is 0 Å². The van der Waals surface area contributed by atoms with E-state index in [4.69, 9.17) is 16.3 Å². The van der Waals surface area contributed by atoms with Gasteiger partial charge in [0.15, 0.2) is 0 Å². The lowest BCUT2D eigenvalue weighted by molar-refractivity contribution is -0.116. The number of aliphatic hydroxyl groups excluding tert-OH is 1. The maximum Gasteiger partial charge on any atom is 0.256 e. The molecule has 1 heterocycles. The van der Waals surface area contributed by atoms with E-state index in [1.165, 1.54) is 0 Å². The van der Waals surface area contributed by atoms with Gasteiger partial charge in [-0.25, -0.2) is 0 Å². The first-order chi connectivity index (χ1) is 14.3. The van der Waals surface area contributed by atoms with Crippen molar-refractivity contribution in [2.24, 2.45) is 0 Å². The second-order valence-electron chi connectivity index (χ2n) is 8.41. The highest BCUT2D eigenvalue weighted by Crippen LogP contribution is 2.43. The number of rotatable bonds is 4. The van der Waals surface area contributed by atoms with Crippen LogP contribution < -0.4 is 5.32 Å². The molecule has 158 valence electrons. The van der Waals surface area contributed by atoms with Gasteiger partial charge in [-0.2, -0.15) is 0 Å². The van der Waals surface area contributed by atoms with E-state index >= 15 is 0 Å². The number of nitrogens with one attached hydrogen (secondary N) is 1. The third-order valence-electron chi connectivity index (χ3n) is 6.42. The van der Waals surface area contributed by atoms with Crippen LogP contribution in [0.2, 0.25) is 5.02 Å². The highest BCUT2D eigenvalue weighted by atomic mass is 35.5. The standard InChI is InChI=1S/C25H28ClNO3/c1-4-30-20-9-11-25(12-10-20)23(28)22(24(29)27-25)21-15(2)13-18(14-16(21)3)17-5-7-19(26)8-6-17/h5-8,13-14,20,28H,4,9-12H2,1-3H3,(H,27,29). The highest BCUT2D eigenvalue weighted by molar-refractivity contribution is 6.30. The molecule has 1 saturated carbocycles. The molecule has 1 amide bonds. The van der Waals surface area contributed by atoms with Gasteiger partial charge in [-0.05, 0) is 86.4 Å². The molecule has 2 aromatic carbocycles. The molecule has 1 aliphatic carbocycles. The molecule has 0 aromatic heterocycles. The van der Waals surface area contributed by atoms with E-state index in [2.05, 4.69) is 17.4 Å². The Morgan fingerprint density at radius 2 is 1.70 bits per heavy atom. The van der Waals surface area contributed by atoms with Crippen LogP contribution in [0.1, 0.15) is 49.3 Å². The zero-order valence-electron chi connectivity index (χ0n) is 17.7. The van der Waals surface area contributed by atoms with Crippen LogP contribution in [0.25, 0.3) is 16.7 Å². The van der Waals surface area contributed by atoms with Gasteiger partial charge in [-0.3, -0.25) is 4.79 Å². The molecule has 5 heteroatoms. The van der Waals surface area contributed by atoms with Crippen molar-refractivity contribution in [2.75, 3.05) is 6.61 Å².